The average Bonchev–Trinajstić information content (AvgIpc) is 2.08. The standard InChI is InChI=1S/C14H29NO3/c1-9(2)10(11(16)13(3,4)5)15-12(17)18-14(6,7)8/h9-11,16H,1-8H3,(H,15,17)/t10-,11+/m0/s1. The third-order valence-corrected chi connectivity index (χ3v) is 2.63. The highest BCUT2D eigenvalue weighted by atomic mass is 16.6. The van der Waals surface area contributed by atoms with Crippen LogP contribution in [0.2, 0.25) is 0 Å². The van der Waals surface area contributed by atoms with E-state index in [1.807, 2.05) is 55.4 Å². The number of amides is 1. The molecule has 0 saturated heterocycles. The van der Waals surface area contributed by atoms with Crippen LogP contribution in [0, 0.1) is 11.3 Å². The van der Waals surface area contributed by atoms with Crippen molar-refractivity contribution in [2.75, 3.05) is 0 Å². The molecule has 0 unspecified atom stereocenters. The molecule has 4 nitrogen and oxygen atoms in total. The van der Waals surface area contributed by atoms with E-state index in [1.54, 1.807) is 0 Å². The lowest BCUT2D eigenvalue weighted by Crippen LogP contribution is -2.52. The number of rotatable bonds is 3. The maximum atomic E-state index is 11.8. The Bertz CT molecular complexity index is 274. The summed E-state index contributed by atoms with van der Waals surface area (Å²) in [6.45, 7) is 15.2. The smallest absolute Gasteiger partial charge is 0.407 e. The van der Waals surface area contributed by atoms with Gasteiger partial charge in [-0.25, -0.2) is 4.79 Å². The van der Waals surface area contributed by atoms with Gasteiger partial charge in [-0.2, -0.15) is 0 Å². The quantitative estimate of drug-likeness (QED) is 0.819. The molecule has 0 spiro atoms. The molecular formula is C14H29NO3. The molecule has 108 valence electrons. The number of aliphatic hydroxyl groups is 1. The number of carbonyl (C=O) groups excluding carboxylic acids is 1. The second kappa shape index (κ2) is 5.91. The second-order valence-corrected chi connectivity index (χ2v) is 7.23. The number of hydrogen-bond acceptors (Lipinski definition) is 3. The molecule has 0 heterocycles. The zero-order valence-corrected chi connectivity index (χ0v) is 13.0. The van der Waals surface area contributed by atoms with Crippen molar-refractivity contribution in [3.8, 4) is 0 Å². The van der Waals surface area contributed by atoms with Crippen LogP contribution >= 0.6 is 0 Å². The summed E-state index contributed by atoms with van der Waals surface area (Å²) in [5, 5.41) is 13.1. The SMILES string of the molecule is CC(C)[C@H](NC(=O)OC(C)(C)C)[C@@H](O)C(C)(C)C. The van der Waals surface area contributed by atoms with Crippen LogP contribution in [0.1, 0.15) is 55.4 Å². The first-order chi connectivity index (χ1) is 7.84. The lowest BCUT2D eigenvalue weighted by molar-refractivity contribution is 0.00284. The Morgan fingerprint density at radius 3 is 1.83 bits per heavy atom. The van der Waals surface area contributed by atoms with Gasteiger partial charge in [-0.05, 0) is 32.1 Å². The molecule has 0 aliphatic carbocycles. The van der Waals surface area contributed by atoms with E-state index in [1.165, 1.54) is 0 Å². The first-order valence-corrected chi connectivity index (χ1v) is 6.52. The number of aliphatic hydroxyl groups excluding tert-OH is 1. The van der Waals surface area contributed by atoms with E-state index in [0.29, 0.717) is 0 Å². The molecular weight excluding hydrogens is 230 g/mol. The van der Waals surface area contributed by atoms with Crippen LogP contribution in [0.5, 0.6) is 0 Å². The van der Waals surface area contributed by atoms with Crippen LogP contribution < -0.4 is 5.32 Å². The zero-order valence-electron chi connectivity index (χ0n) is 13.0. The molecule has 0 aromatic carbocycles. The summed E-state index contributed by atoms with van der Waals surface area (Å²) in [6.07, 6.45) is -1.10. The van der Waals surface area contributed by atoms with Crippen molar-refractivity contribution < 1.29 is 14.6 Å². The molecule has 0 rings (SSSR count). The van der Waals surface area contributed by atoms with Gasteiger partial charge in [0.1, 0.15) is 5.60 Å². The van der Waals surface area contributed by atoms with E-state index in [0.717, 1.165) is 0 Å². The summed E-state index contributed by atoms with van der Waals surface area (Å²) in [7, 11) is 0. The van der Waals surface area contributed by atoms with Crippen LogP contribution in [-0.2, 0) is 4.74 Å². The van der Waals surface area contributed by atoms with Gasteiger partial charge in [0.05, 0.1) is 12.1 Å². The van der Waals surface area contributed by atoms with Crippen molar-refractivity contribution in [1.29, 1.82) is 0 Å². The fourth-order valence-electron chi connectivity index (χ4n) is 1.59. The Hall–Kier alpha value is -0.770. The van der Waals surface area contributed by atoms with E-state index in [-0.39, 0.29) is 17.4 Å². The Morgan fingerprint density at radius 2 is 1.56 bits per heavy atom. The first-order valence-electron chi connectivity index (χ1n) is 6.52. The van der Waals surface area contributed by atoms with E-state index in [9.17, 15) is 9.90 Å². The van der Waals surface area contributed by atoms with Gasteiger partial charge in [0, 0.05) is 0 Å². The fourth-order valence-corrected chi connectivity index (χ4v) is 1.59. The van der Waals surface area contributed by atoms with Crippen LogP contribution in [0.4, 0.5) is 4.79 Å². The van der Waals surface area contributed by atoms with Crippen molar-refractivity contribution in [2.45, 2.75) is 73.1 Å². The van der Waals surface area contributed by atoms with E-state index in [4.69, 9.17) is 4.74 Å². The molecule has 0 saturated carbocycles. The number of ether oxygens (including phenoxy) is 1. The summed E-state index contributed by atoms with van der Waals surface area (Å²) in [5.74, 6) is 0.131. The number of nitrogens with one attached hydrogen (secondary N) is 1. The highest BCUT2D eigenvalue weighted by Crippen LogP contribution is 2.25. The topological polar surface area (TPSA) is 58.6 Å². The van der Waals surface area contributed by atoms with Gasteiger partial charge in [0.2, 0.25) is 0 Å². The van der Waals surface area contributed by atoms with Crippen molar-refractivity contribution in [3.05, 3.63) is 0 Å². The van der Waals surface area contributed by atoms with Crippen LogP contribution in [0.25, 0.3) is 0 Å². The predicted octanol–water partition coefficient (Wildman–Crippen LogP) is 2.94. The van der Waals surface area contributed by atoms with E-state index in [2.05, 4.69) is 5.32 Å². The molecule has 0 aromatic rings. The van der Waals surface area contributed by atoms with Gasteiger partial charge in [0.15, 0.2) is 0 Å². The lowest BCUT2D eigenvalue weighted by atomic mass is 9.81. The lowest BCUT2D eigenvalue weighted by Gasteiger charge is -2.36. The van der Waals surface area contributed by atoms with Crippen molar-refractivity contribution in [3.63, 3.8) is 0 Å². The van der Waals surface area contributed by atoms with Crippen molar-refractivity contribution in [1.82, 2.24) is 5.32 Å². The zero-order chi connectivity index (χ0) is 14.7. The number of hydrogen-bond donors (Lipinski definition) is 2. The highest BCUT2D eigenvalue weighted by Gasteiger charge is 2.34. The Morgan fingerprint density at radius 1 is 1.11 bits per heavy atom. The first kappa shape index (κ1) is 17.2. The summed E-state index contributed by atoms with van der Waals surface area (Å²) < 4.78 is 5.22. The predicted molar refractivity (Wildman–Crippen MR) is 73.5 cm³/mol. The average molecular weight is 259 g/mol. The van der Waals surface area contributed by atoms with Crippen molar-refractivity contribution in [2.24, 2.45) is 11.3 Å². The Balaban J connectivity index is 4.70. The highest BCUT2D eigenvalue weighted by molar-refractivity contribution is 5.68. The molecule has 2 N–H and O–H groups in total. The summed E-state index contributed by atoms with van der Waals surface area (Å²) in [4.78, 5) is 11.8. The monoisotopic (exact) mass is 259 g/mol. The molecule has 0 aliphatic heterocycles. The minimum absolute atomic E-state index is 0.131. The minimum atomic E-state index is -0.620. The molecule has 0 bridgehead atoms. The second-order valence-electron chi connectivity index (χ2n) is 7.23. The van der Waals surface area contributed by atoms with Gasteiger partial charge < -0.3 is 15.2 Å². The summed E-state index contributed by atoms with van der Waals surface area (Å²) >= 11 is 0. The third-order valence-electron chi connectivity index (χ3n) is 2.63. The van der Waals surface area contributed by atoms with Crippen LogP contribution in [-0.4, -0.2) is 28.9 Å². The summed E-state index contributed by atoms with van der Waals surface area (Å²) in [5.41, 5.74) is -0.817. The largest absolute Gasteiger partial charge is 0.444 e. The fraction of sp³-hybridized carbons (Fsp3) is 0.929. The molecule has 0 radical (unpaired) electrons. The Kier molecular flexibility index (Phi) is 5.66. The molecule has 2 atom stereocenters. The minimum Gasteiger partial charge on any atom is -0.444 e. The normalized spacial score (nSPS) is 16.3. The van der Waals surface area contributed by atoms with Crippen LogP contribution in [0.3, 0.4) is 0 Å². The molecule has 4 heteroatoms. The molecule has 0 aliphatic rings. The molecule has 0 aromatic heterocycles. The van der Waals surface area contributed by atoms with Gasteiger partial charge in [-0.1, -0.05) is 34.6 Å². The van der Waals surface area contributed by atoms with E-state index >= 15 is 0 Å². The van der Waals surface area contributed by atoms with Crippen LogP contribution in [0.15, 0.2) is 0 Å². The third kappa shape index (κ3) is 6.24. The Labute approximate surface area is 111 Å². The summed E-state index contributed by atoms with van der Waals surface area (Å²) in [6, 6.07) is -0.320. The van der Waals surface area contributed by atoms with Gasteiger partial charge >= 0.3 is 6.09 Å². The number of carbonyl (C=O) groups is 1. The molecule has 0 fully saturated rings. The van der Waals surface area contributed by atoms with Gasteiger partial charge in [0.25, 0.3) is 0 Å². The maximum absolute atomic E-state index is 11.8. The molecule has 18 heavy (non-hydrogen) atoms. The van der Waals surface area contributed by atoms with E-state index < -0.39 is 17.8 Å². The van der Waals surface area contributed by atoms with Gasteiger partial charge in [-0.3, -0.25) is 0 Å². The number of alkyl carbamates (subject to hydrolysis) is 1. The molecule has 1 amide bonds. The maximum Gasteiger partial charge on any atom is 0.407 e. The van der Waals surface area contributed by atoms with Crippen molar-refractivity contribution >= 4 is 6.09 Å². The van der Waals surface area contributed by atoms with Gasteiger partial charge in [-0.15, -0.1) is 0 Å².